The average Bonchev–Trinajstić information content (AvgIpc) is 3.61. The van der Waals surface area contributed by atoms with Crippen LogP contribution >= 0.6 is 0 Å². The molecule has 0 aliphatic carbocycles. The number of aromatic nitrogens is 1. The van der Waals surface area contributed by atoms with Crippen molar-refractivity contribution in [2.45, 2.75) is 6.54 Å². The molecular formula is C55H22BF20NO. The third-order valence-electron chi connectivity index (χ3n) is 13.1. The Hall–Kier alpha value is -8.76. The van der Waals surface area contributed by atoms with Crippen LogP contribution in [0.3, 0.4) is 0 Å². The number of halogens is 20. The molecule has 0 unspecified atom stereocenters. The molecule has 0 N–H and O–H groups in total. The zero-order valence-corrected chi connectivity index (χ0v) is 38.2. The van der Waals surface area contributed by atoms with Gasteiger partial charge in [-0.05, 0) is 39.7 Å². The van der Waals surface area contributed by atoms with Crippen LogP contribution in [0.15, 0.2) is 121 Å². The third kappa shape index (κ3) is 8.24. The van der Waals surface area contributed by atoms with E-state index in [1.54, 1.807) is 0 Å². The number of nitrogens with zero attached hydrogens (tertiary/aromatic N) is 1. The first-order chi connectivity index (χ1) is 37.0. The molecule has 10 rings (SSSR count). The molecule has 2 nitrogen and oxygen atoms in total. The van der Waals surface area contributed by atoms with Crippen LogP contribution in [0.2, 0.25) is 0 Å². The average molecular weight is 1100 g/mol. The highest BCUT2D eigenvalue weighted by molar-refractivity contribution is 7.20. The van der Waals surface area contributed by atoms with Gasteiger partial charge in [0.25, 0.3) is 0 Å². The minimum atomic E-state index is -7.22. The Balaban J connectivity index is 0.000000198. The van der Waals surface area contributed by atoms with E-state index in [9.17, 15) is 57.5 Å². The fourth-order valence-corrected chi connectivity index (χ4v) is 9.67. The van der Waals surface area contributed by atoms with Crippen LogP contribution in [0.1, 0.15) is 10.4 Å². The van der Waals surface area contributed by atoms with E-state index in [0.717, 1.165) is 27.7 Å². The molecule has 0 radical (unpaired) electrons. The van der Waals surface area contributed by atoms with Crippen LogP contribution < -0.4 is 26.4 Å². The Morgan fingerprint density at radius 1 is 0.321 bits per heavy atom. The number of pyridine rings is 1. The minimum absolute atomic E-state index is 0.0998. The number of carbonyl (C=O) groups excluding carboxylic acids is 1. The number of hydrogen-bond donors (Lipinski definition) is 0. The topological polar surface area (TPSA) is 20.9 Å². The van der Waals surface area contributed by atoms with E-state index in [-0.39, 0.29) is 12.3 Å². The smallest absolute Gasteiger partial charge is 0.227 e. The zero-order valence-electron chi connectivity index (χ0n) is 38.2. The number of benzene rings is 9. The molecule has 1 aromatic heterocycles. The second kappa shape index (κ2) is 20.3. The number of fused-ring (bicyclic) bond motifs is 3. The molecule has 0 atom stereocenters. The van der Waals surface area contributed by atoms with Gasteiger partial charge in [-0.2, -0.15) is 4.57 Å². The van der Waals surface area contributed by atoms with Crippen LogP contribution in [-0.2, 0) is 6.54 Å². The summed E-state index contributed by atoms with van der Waals surface area (Å²) in [6, 6.07) is 41.4. The van der Waals surface area contributed by atoms with Crippen LogP contribution in [0.5, 0.6) is 0 Å². The molecule has 0 amide bonds. The van der Waals surface area contributed by atoms with Crippen LogP contribution in [0, 0.1) is 116 Å². The van der Waals surface area contributed by atoms with Crippen molar-refractivity contribution in [3.05, 3.63) is 243 Å². The molecule has 10 aromatic rings. The van der Waals surface area contributed by atoms with Crippen LogP contribution in [0.4, 0.5) is 87.8 Å². The van der Waals surface area contributed by atoms with Crippen molar-refractivity contribution in [2.24, 2.45) is 0 Å². The highest BCUT2D eigenvalue weighted by Gasteiger charge is 2.52. The number of rotatable bonds is 8. The van der Waals surface area contributed by atoms with Gasteiger partial charge in [0, 0.05) is 23.1 Å². The maximum atomic E-state index is 15.4. The van der Waals surface area contributed by atoms with Crippen molar-refractivity contribution in [1.82, 2.24) is 0 Å². The van der Waals surface area contributed by atoms with Crippen molar-refractivity contribution < 1.29 is 97.2 Å². The molecule has 0 aliphatic heterocycles. The Morgan fingerprint density at radius 2 is 0.615 bits per heavy atom. The van der Waals surface area contributed by atoms with Gasteiger partial charge in [0.15, 0.2) is 69.8 Å². The molecular weight excluding hydrogens is 1080 g/mol. The minimum Gasteiger partial charge on any atom is -0.287 e. The van der Waals surface area contributed by atoms with Crippen molar-refractivity contribution in [3.8, 4) is 11.3 Å². The lowest BCUT2D eigenvalue weighted by atomic mass is 9.12. The Bertz CT molecular complexity index is 3720. The molecule has 396 valence electrons. The highest BCUT2D eigenvalue weighted by atomic mass is 19.2. The predicted octanol–water partition coefficient (Wildman–Crippen LogP) is 12.8. The van der Waals surface area contributed by atoms with E-state index >= 15 is 35.1 Å². The summed E-state index contributed by atoms with van der Waals surface area (Å²) in [4.78, 5) is 13.3. The van der Waals surface area contributed by atoms with Crippen LogP contribution in [0.25, 0.3) is 43.7 Å². The lowest BCUT2D eigenvalue weighted by Gasteiger charge is -2.44. The van der Waals surface area contributed by atoms with Crippen LogP contribution in [-0.4, -0.2) is 11.9 Å². The lowest BCUT2D eigenvalue weighted by Crippen LogP contribution is -2.81. The summed E-state index contributed by atoms with van der Waals surface area (Å²) in [5.41, 5.74) is -10.3. The third-order valence-corrected chi connectivity index (χ3v) is 13.1. The molecule has 0 saturated carbocycles. The summed E-state index contributed by atoms with van der Waals surface area (Å²) in [5.74, 6) is -71.3. The first-order valence-corrected chi connectivity index (χ1v) is 22.1. The second-order valence-corrected chi connectivity index (χ2v) is 17.1. The molecule has 0 saturated heterocycles. The number of hydrogen-bond acceptors (Lipinski definition) is 1. The van der Waals surface area contributed by atoms with E-state index < -0.39 is 144 Å². The van der Waals surface area contributed by atoms with Crippen molar-refractivity contribution in [2.75, 3.05) is 0 Å². The van der Waals surface area contributed by atoms with E-state index in [2.05, 4.69) is 83.4 Å². The Morgan fingerprint density at radius 3 is 0.974 bits per heavy atom. The van der Waals surface area contributed by atoms with E-state index in [1.807, 2.05) is 42.5 Å². The van der Waals surface area contributed by atoms with Gasteiger partial charge in [-0.3, -0.25) is 4.79 Å². The molecule has 23 heteroatoms. The predicted molar refractivity (Wildman–Crippen MR) is 245 cm³/mol. The molecule has 9 aromatic carbocycles. The molecule has 0 bridgehead atoms. The van der Waals surface area contributed by atoms with Gasteiger partial charge in [-0.25, -0.2) is 87.8 Å². The number of Topliss-reactive ketones (excluding diaryl/α,β-unsaturated/α-hetero) is 1. The number of para-hydroxylation sites is 1. The summed E-state index contributed by atoms with van der Waals surface area (Å²) in [6.45, 7) is 0.276. The Kier molecular flexibility index (Phi) is 14.1. The summed E-state index contributed by atoms with van der Waals surface area (Å²) in [7, 11) is 0. The number of carbonyl (C=O) groups is 1. The molecule has 0 aliphatic rings. The SMILES string of the molecule is Fc1c(F)c(F)c([B-](c2c(F)c(F)c(F)c(F)c2F)(c2c(F)c(F)c(F)c(F)c2F)c2c(F)c(F)c(F)c(F)c2F)c(F)c1F.O=C(C[n+]1c(-c2c3ccccc3cc3ccccc23)ccc2ccccc21)c1ccccc1. The van der Waals surface area contributed by atoms with Gasteiger partial charge in [0.1, 0.15) is 52.7 Å². The van der Waals surface area contributed by atoms with Gasteiger partial charge >= 0.3 is 0 Å². The normalized spacial score (nSPS) is 11.7. The van der Waals surface area contributed by atoms with E-state index in [1.165, 1.54) is 21.5 Å². The fraction of sp³-hybridized carbons (Fsp3) is 0.0182. The van der Waals surface area contributed by atoms with Gasteiger partial charge in [-0.1, -0.05) is 91.0 Å². The first kappa shape index (κ1) is 54.0. The van der Waals surface area contributed by atoms with E-state index in [4.69, 9.17) is 0 Å². The van der Waals surface area contributed by atoms with Gasteiger partial charge in [0.05, 0.1) is 5.56 Å². The monoisotopic (exact) mass is 1100 g/mol. The largest absolute Gasteiger partial charge is 0.287 e. The lowest BCUT2D eigenvalue weighted by molar-refractivity contribution is -0.645. The number of ketones is 1. The zero-order chi connectivity index (χ0) is 56.6. The second-order valence-electron chi connectivity index (χ2n) is 17.1. The van der Waals surface area contributed by atoms with Gasteiger partial charge in [-0.15, -0.1) is 21.9 Å². The standard InChI is InChI=1S/C31H22NO.C24BF20/c33-30(23-11-2-1-3-12-23)21-32-28-17-9-6-10-22(28)18-19-29(32)31-26-15-7-4-13-24(26)20-25-14-5-8-16-27(25)31;26-5-1(6(27)14(35)21(42)13(5)34)25(2-7(28)15(36)22(43)16(37)8(2)29,3-9(30)17(38)23(44)18(39)10(3)31)4-11(32)19(40)24(45)20(41)12(4)33/h1-20H,21H2;/q+1;-1. The fourth-order valence-electron chi connectivity index (χ4n) is 9.67. The molecule has 0 spiro atoms. The maximum Gasteiger partial charge on any atom is 0.227 e. The maximum absolute atomic E-state index is 15.4. The highest BCUT2D eigenvalue weighted by Crippen LogP contribution is 2.36. The first-order valence-electron chi connectivity index (χ1n) is 22.1. The molecule has 0 fully saturated rings. The van der Waals surface area contributed by atoms with Crippen molar-refractivity contribution in [3.63, 3.8) is 0 Å². The van der Waals surface area contributed by atoms with Gasteiger partial charge < -0.3 is 0 Å². The molecule has 1 heterocycles. The van der Waals surface area contributed by atoms with Crippen molar-refractivity contribution >= 4 is 66.2 Å². The molecule has 78 heavy (non-hydrogen) atoms. The summed E-state index contributed by atoms with van der Waals surface area (Å²) >= 11 is 0. The summed E-state index contributed by atoms with van der Waals surface area (Å²) < 4.78 is 296. The quantitative estimate of drug-likeness (QED) is 0.0283. The summed E-state index contributed by atoms with van der Waals surface area (Å²) in [6.07, 6.45) is -7.22. The summed E-state index contributed by atoms with van der Waals surface area (Å²) in [5, 5.41) is 5.88. The Labute approximate surface area is 423 Å². The van der Waals surface area contributed by atoms with Crippen molar-refractivity contribution in [1.29, 1.82) is 0 Å². The van der Waals surface area contributed by atoms with E-state index in [0.29, 0.717) is 0 Å². The van der Waals surface area contributed by atoms with Gasteiger partial charge in [0.2, 0.25) is 23.5 Å².